The van der Waals surface area contributed by atoms with Gasteiger partial charge in [0.15, 0.2) is 0 Å². The first-order valence-electron chi connectivity index (χ1n) is 7.36. The van der Waals surface area contributed by atoms with Gasteiger partial charge in [0, 0.05) is 37.4 Å². The van der Waals surface area contributed by atoms with Crippen molar-refractivity contribution < 1.29 is 4.79 Å². The highest BCUT2D eigenvalue weighted by Gasteiger charge is 2.24. The Kier molecular flexibility index (Phi) is 3.95. The molecule has 4 heteroatoms. The van der Waals surface area contributed by atoms with Crippen LogP contribution in [0.4, 0.5) is 0 Å². The molecule has 0 bridgehead atoms. The Morgan fingerprint density at radius 1 is 1.19 bits per heavy atom. The highest BCUT2D eigenvalue weighted by Crippen LogP contribution is 2.28. The molecular weight excluding hydrogens is 262 g/mol. The molecule has 0 aliphatic carbocycles. The lowest BCUT2D eigenvalue weighted by molar-refractivity contribution is 0.0712. The van der Waals surface area contributed by atoms with E-state index in [1.54, 1.807) is 18.5 Å². The molecule has 3 rings (SSSR count). The third kappa shape index (κ3) is 3.10. The van der Waals surface area contributed by atoms with Gasteiger partial charge >= 0.3 is 0 Å². The van der Waals surface area contributed by atoms with E-state index in [0.717, 1.165) is 31.6 Å². The number of hydrogen-bond acceptors (Lipinski definition) is 3. The predicted molar refractivity (Wildman–Crippen MR) is 81.1 cm³/mol. The lowest BCUT2D eigenvalue weighted by Gasteiger charge is -2.32. The first-order chi connectivity index (χ1) is 10.2. The Morgan fingerprint density at radius 3 is 2.62 bits per heavy atom. The number of pyridine rings is 2. The normalized spacial score (nSPS) is 16.0. The number of amides is 1. The number of aryl methyl sites for hydroxylation is 1. The van der Waals surface area contributed by atoms with Gasteiger partial charge in [-0.3, -0.25) is 14.8 Å². The Labute approximate surface area is 124 Å². The summed E-state index contributed by atoms with van der Waals surface area (Å²) in [6.45, 7) is 3.59. The number of nitrogens with zero attached hydrogens (tertiary/aromatic N) is 3. The van der Waals surface area contributed by atoms with Gasteiger partial charge in [-0.15, -0.1) is 0 Å². The average Bonchev–Trinajstić information content (AvgIpc) is 2.56. The SMILES string of the molecule is Cc1ccc(C2CCN(C(=O)c3cccnc3)CC2)cn1. The van der Waals surface area contributed by atoms with Crippen molar-refractivity contribution in [2.75, 3.05) is 13.1 Å². The van der Waals surface area contributed by atoms with E-state index in [1.807, 2.05) is 24.1 Å². The molecule has 0 saturated carbocycles. The summed E-state index contributed by atoms with van der Waals surface area (Å²) < 4.78 is 0. The standard InChI is InChI=1S/C17H19N3O/c1-13-4-5-15(12-19-13)14-6-9-20(10-7-14)17(21)16-3-2-8-18-11-16/h2-5,8,11-12,14H,6-7,9-10H2,1H3. The lowest BCUT2D eigenvalue weighted by atomic mass is 9.90. The molecule has 1 saturated heterocycles. The topological polar surface area (TPSA) is 46.1 Å². The molecule has 1 amide bonds. The van der Waals surface area contributed by atoms with Gasteiger partial charge in [0.05, 0.1) is 5.56 Å². The third-order valence-corrected chi connectivity index (χ3v) is 4.10. The maximum Gasteiger partial charge on any atom is 0.255 e. The Hall–Kier alpha value is -2.23. The number of aromatic nitrogens is 2. The van der Waals surface area contributed by atoms with Gasteiger partial charge in [0.2, 0.25) is 0 Å². The van der Waals surface area contributed by atoms with Crippen LogP contribution in [0, 0.1) is 6.92 Å². The predicted octanol–water partition coefficient (Wildman–Crippen LogP) is 2.80. The van der Waals surface area contributed by atoms with Gasteiger partial charge in [-0.2, -0.15) is 0 Å². The minimum atomic E-state index is 0.0866. The molecule has 4 nitrogen and oxygen atoms in total. The van der Waals surface area contributed by atoms with Gasteiger partial charge in [0.25, 0.3) is 5.91 Å². The monoisotopic (exact) mass is 281 g/mol. The van der Waals surface area contributed by atoms with Crippen LogP contribution in [0.2, 0.25) is 0 Å². The molecule has 0 aromatic carbocycles. The first kappa shape index (κ1) is 13.7. The summed E-state index contributed by atoms with van der Waals surface area (Å²) >= 11 is 0. The van der Waals surface area contributed by atoms with E-state index in [1.165, 1.54) is 5.56 Å². The molecular formula is C17H19N3O. The summed E-state index contributed by atoms with van der Waals surface area (Å²) in [6, 6.07) is 7.84. The molecule has 0 N–H and O–H groups in total. The molecule has 108 valence electrons. The quantitative estimate of drug-likeness (QED) is 0.850. The number of carbonyl (C=O) groups excluding carboxylic acids is 1. The van der Waals surface area contributed by atoms with Gasteiger partial charge in [-0.05, 0) is 49.4 Å². The number of hydrogen-bond donors (Lipinski definition) is 0. The van der Waals surface area contributed by atoms with E-state index in [0.29, 0.717) is 11.5 Å². The maximum absolute atomic E-state index is 12.4. The third-order valence-electron chi connectivity index (χ3n) is 4.10. The molecule has 0 spiro atoms. The van der Waals surface area contributed by atoms with E-state index < -0.39 is 0 Å². The zero-order valence-corrected chi connectivity index (χ0v) is 12.2. The smallest absolute Gasteiger partial charge is 0.255 e. The Bertz CT molecular complexity index is 602. The van der Waals surface area contributed by atoms with Crippen LogP contribution in [0.3, 0.4) is 0 Å². The second-order valence-corrected chi connectivity index (χ2v) is 5.54. The average molecular weight is 281 g/mol. The van der Waals surface area contributed by atoms with Crippen molar-refractivity contribution in [1.29, 1.82) is 0 Å². The minimum Gasteiger partial charge on any atom is -0.339 e. The largest absolute Gasteiger partial charge is 0.339 e. The van der Waals surface area contributed by atoms with Crippen molar-refractivity contribution in [3.05, 3.63) is 59.7 Å². The van der Waals surface area contributed by atoms with E-state index in [4.69, 9.17) is 0 Å². The highest BCUT2D eigenvalue weighted by molar-refractivity contribution is 5.93. The molecule has 0 atom stereocenters. The van der Waals surface area contributed by atoms with Crippen molar-refractivity contribution in [2.24, 2.45) is 0 Å². The van der Waals surface area contributed by atoms with E-state index in [9.17, 15) is 4.79 Å². The van der Waals surface area contributed by atoms with Crippen LogP contribution in [0.1, 0.15) is 40.4 Å². The molecule has 1 aliphatic heterocycles. The number of rotatable bonds is 2. The second-order valence-electron chi connectivity index (χ2n) is 5.54. The first-order valence-corrected chi connectivity index (χ1v) is 7.36. The fraction of sp³-hybridized carbons (Fsp3) is 0.353. The van der Waals surface area contributed by atoms with Gasteiger partial charge < -0.3 is 4.90 Å². The van der Waals surface area contributed by atoms with Crippen molar-refractivity contribution in [2.45, 2.75) is 25.7 Å². The van der Waals surface area contributed by atoms with Crippen LogP contribution in [-0.2, 0) is 0 Å². The zero-order valence-electron chi connectivity index (χ0n) is 12.2. The molecule has 0 unspecified atom stereocenters. The lowest BCUT2D eigenvalue weighted by Crippen LogP contribution is -2.37. The van der Waals surface area contributed by atoms with Crippen LogP contribution in [0.15, 0.2) is 42.9 Å². The molecule has 2 aromatic rings. The summed E-state index contributed by atoms with van der Waals surface area (Å²) in [6.07, 6.45) is 7.29. The van der Waals surface area contributed by atoms with Crippen LogP contribution in [0.25, 0.3) is 0 Å². The summed E-state index contributed by atoms with van der Waals surface area (Å²) in [5.41, 5.74) is 3.00. The molecule has 0 radical (unpaired) electrons. The van der Waals surface area contributed by atoms with E-state index >= 15 is 0 Å². The summed E-state index contributed by atoms with van der Waals surface area (Å²) in [5, 5.41) is 0. The van der Waals surface area contributed by atoms with Crippen LogP contribution in [-0.4, -0.2) is 33.9 Å². The molecule has 1 aliphatic rings. The van der Waals surface area contributed by atoms with E-state index in [-0.39, 0.29) is 5.91 Å². The highest BCUT2D eigenvalue weighted by atomic mass is 16.2. The van der Waals surface area contributed by atoms with Crippen LogP contribution in [0.5, 0.6) is 0 Å². The Morgan fingerprint density at radius 2 is 2.00 bits per heavy atom. The van der Waals surface area contributed by atoms with Crippen molar-refractivity contribution >= 4 is 5.91 Å². The van der Waals surface area contributed by atoms with Gasteiger partial charge in [-0.25, -0.2) is 0 Å². The fourth-order valence-corrected chi connectivity index (χ4v) is 2.81. The Balaban J connectivity index is 1.63. The number of carbonyl (C=O) groups is 1. The van der Waals surface area contributed by atoms with Gasteiger partial charge in [-0.1, -0.05) is 6.07 Å². The zero-order chi connectivity index (χ0) is 14.7. The van der Waals surface area contributed by atoms with Crippen molar-refractivity contribution in [3.63, 3.8) is 0 Å². The second kappa shape index (κ2) is 6.04. The van der Waals surface area contributed by atoms with Crippen LogP contribution >= 0.6 is 0 Å². The minimum absolute atomic E-state index is 0.0866. The fourth-order valence-electron chi connectivity index (χ4n) is 2.81. The van der Waals surface area contributed by atoms with Gasteiger partial charge in [0.1, 0.15) is 0 Å². The molecule has 21 heavy (non-hydrogen) atoms. The number of likely N-dealkylation sites (tertiary alicyclic amines) is 1. The summed E-state index contributed by atoms with van der Waals surface area (Å²) in [5.74, 6) is 0.597. The summed E-state index contributed by atoms with van der Waals surface area (Å²) in [4.78, 5) is 22.7. The van der Waals surface area contributed by atoms with Crippen LogP contribution < -0.4 is 0 Å². The molecule has 3 heterocycles. The van der Waals surface area contributed by atoms with Crippen molar-refractivity contribution in [1.82, 2.24) is 14.9 Å². The molecule has 2 aromatic heterocycles. The summed E-state index contributed by atoms with van der Waals surface area (Å²) in [7, 11) is 0. The molecule has 1 fully saturated rings. The van der Waals surface area contributed by atoms with E-state index in [2.05, 4.69) is 22.1 Å². The van der Waals surface area contributed by atoms with Crippen molar-refractivity contribution in [3.8, 4) is 0 Å². The maximum atomic E-state index is 12.4. The number of piperidine rings is 1.